The van der Waals surface area contributed by atoms with Crippen molar-refractivity contribution in [1.82, 2.24) is 4.90 Å². The number of hydrogen-bond acceptors (Lipinski definition) is 1. The molecule has 1 aliphatic rings. The van der Waals surface area contributed by atoms with Crippen molar-refractivity contribution in [3.8, 4) is 0 Å². The van der Waals surface area contributed by atoms with Crippen molar-refractivity contribution >= 4 is 5.84 Å². The van der Waals surface area contributed by atoms with Crippen LogP contribution in [0.15, 0.2) is 0 Å². The molecule has 1 aliphatic heterocycles. The van der Waals surface area contributed by atoms with E-state index in [4.69, 9.17) is 5.41 Å². The second-order valence-corrected chi connectivity index (χ2v) is 3.48. The molecular weight excluding hydrogens is 136 g/mol. The molecule has 1 fully saturated rings. The van der Waals surface area contributed by atoms with E-state index in [-0.39, 0.29) is 0 Å². The monoisotopic (exact) mass is 154 g/mol. The molecule has 0 aliphatic carbocycles. The van der Waals surface area contributed by atoms with E-state index in [9.17, 15) is 0 Å². The number of likely N-dealkylation sites (tertiary alicyclic amines) is 1. The van der Waals surface area contributed by atoms with Gasteiger partial charge in [0.05, 0.1) is 5.84 Å². The first-order valence-electron chi connectivity index (χ1n) is 4.53. The lowest BCUT2D eigenvalue weighted by atomic mass is 10.1. The molecule has 0 amide bonds. The highest BCUT2D eigenvalue weighted by Crippen LogP contribution is 2.15. The zero-order valence-corrected chi connectivity index (χ0v) is 7.56. The first-order valence-corrected chi connectivity index (χ1v) is 4.53. The second-order valence-electron chi connectivity index (χ2n) is 3.48. The normalized spacial score (nSPS) is 26.4. The highest BCUT2D eigenvalue weighted by atomic mass is 15.2. The third kappa shape index (κ3) is 2.21. The van der Waals surface area contributed by atoms with Gasteiger partial charge in [-0.1, -0.05) is 12.8 Å². The van der Waals surface area contributed by atoms with Crippen LogP contribution in [0.25, 0.3) is 0 Å². The van der Waals surface area contributed by atoms with Crippen LogP contribution < -0.4 is 0 Å². The quantitative estimate of drug-likeness (QED) is 0.420. The summed E-state index contributed by atoms with van der Waals surface area (Å²) in [6.45, 7) is 5.21. The van der Waals surface area contributed by atoms with E-state index in [2.05, 4.69) is 11.8 Å². The van der Waals surface area contributed by atoms with Crippen LogP contribution in [0.4, 0.5) is 0 Å². The van der Waals surface area contributed by atoms with Gasteiger partial charge < -0.3 is 4.90 Å². The minimum Gasteiger partial charge on any atom is -0.358 e. The fraction of sp³-hybridized carbons (Fsp3) is 0.889. The lowest BCUT2D eigenvalue weighted by molar-refractivity contribution is 0.332. The number of rotatable bonds is 0. The second kappa shape index (κ2) is 3.74. The topological polar surface area (TPSA) is 27.1 Å². The van der Waals surface area contributed by atoms with E-state index >= 15 is 0 Å². The average Bonchev–Trinajstić information content (AvgIpc) is 2.13. The minimum atomic E-state index is 0.593. The van der Waals surface area contributed by atoms with Crippen molar-refractivity contribution in [3.05, 3.63) is 0 Å². The number of nitrogens with one attached hydrogen (secondary N) is 1. The summed E-state index contributed by atoms with van der Waals surface area (Å²) in [5.41, 5.74) is 0. The Labute approximate surface area is 69.1 Å². The molecule has 0 saturated carbocycles. The van der Waals surface area contributed by atoms with Gasteiger partial charge in [-0.3, -0.25) is 5.41 Å². The maximum Gasteiger partial charge on any atom is 0.0928 e. The van der Waals surface area contributed by atoms with Gasteiger partial charge in [0.15, 0.2) is 0 Å². The van der Waals surface area contributed by atoms with Crippen LogP contribution in [0.1, 0.15) is 39.5 Å². The van der Waals surface area contributed by atoms with Crippen molar-refractivity contribution in [3.63, 3.8) is 0 Å². The number of nitrogens with zero attached hydrogens (tertiary/aromatic N) is 1. The van der Waals surface area contributed by atoms with Crippen molar-refractivity contribution in [2.75, 3.05) is 6.54 Å². The Morgan fingerprint density at radius 1 is 1.36 bits per heavy atom. The van der Waals surface area contributed by atoms with Crippen LogP contribution >= 0.6 is 0 Å². The Bertz CT molecular complexity index is 142. The van der Waals surface area contributed by atoms with E-state index in [1.54, 1.807) is 0 Å². The summed E-state index contributed by atoms with van der Waals surface area (Å²) in [4.78, 5) is 2.22. The van der Waals surface area contributed by atoms with Gasteiger partial charge in [-0.15, -0.1) is 0 Å². The molecule has 2 nitrogen and oxygen atoms in total. The molecule has 11 heavy (non-hydrogen) atoms. The molecule has 0 aromatic carbocycles. The van der Waals surface area contributed by atoms with Crippen LogP contribution in [-0.2, 0) is 0 Å². The summed E-state index contributed by atoms with van der Waals surface area (Å²) >= 11 is 0. The predicted molar refractivity (Wildman–Crippen MR) is 48.0 cm³/mol. The van der Waals surface area contributed by atoms with Crippen molar-refractivity contribution in [2.45, 2.75) is 45.6 Å². The average molecular weight is 154 g/mol. The Balaban J connectivity index is 2.52. The standard InChI is InChI=1S/C9H18N2/c1-8-6-4-3-5-7-11(8)9(2)10/h8,10H,3-7H2,1-2H3. The molecular formula is C9H18N2. The summed E-state index contributed by atoms with van der Waals surface area (Å²) in [7, 11) is 0. The smallest absolute Gasteiger partial charge is 0.0928 e. The summed E-state index contributed by atoms with van der Waals surface area (Å²) < 4.78 is 0. The molecule has 1 saturated heterocycles. The highest BCUT2D eigenvalue weighted by molar-refractivity contribution is 5.76. The Morgan fingerprint density at radius 3 is 2.73 bits per heavy atom. The van der Waals surface area contributed by atoms with Gasteiger partial charge in [0.2, 0.25) is 0 Å². The van der Waals surface area contributed by atoms with Gasteiger partial charge in [0.25, 0.3) is 0 Å². The molecule has 0 bridgehead atoms. The molecule has 0 radical (unpaired) electrons. The summed E-state index contributed by atoms with van der Waals surface area (Å²) in [5, 5.41) is 7.54. The van der Waals surface area contributed by atoms with Crippen molar-refractivity contribution in [1.29, 1.82) is 5.41 Å². The van der Waals surface area contributed by atoms with Crippen molar-refractivity contribution < 1.29 is 0 Å². The first kappa shape index (κ1) is 8.57. The van der Waals surface area contributed by atoms with Crippen molar-refractivity contribution in [2.24, 2.45) is 0 Å². The molecule has 0 spiro atoms. The van der Waals surface area contributed by atoms with E-state index in [1.165, 1.54) is 25.7 Å². The third-order valence-corrected chi connectivity index (χ3v) is 2.48. The number of amidine groups is 1. The van der Waals surface area contributed by atoms with E-state index in [1.807, 2.05) is 6.92 Å². The molecule has 64 valence electrons. The van der Waals surface area contributed by atoms with Gasteiger partial charge >= 0.3 is 0 Å². The summed E-state index contributed by atoms with van der Waals surface area (Å²) in [6, 6.07) is 0.593. The molecule has 1 rings (SSSR count). The minimum absolute atomic E-state index is 0.593. The SMILES string of the molecule is CC(=N)N1CCCCCC1C. The third-order valence-electron chi connectivity index (χ3n) is 2.48. The molecule has 1 atom stereocenters. The predicted octanol–water partition coefficient (Wildman–Crippen LogP) is 2.25. The maximum absolute atomic E-state index is 7.54. The highest BCUT2D eigenvalue weighted by Gasteiger charge is 2.16. The summed E-state index contributed by atoms with van der Waals surface area (Å²) in [6.07, 6.45) is 5.20. The van der Waals surface area contributed by atoms with Crippen LogP contribution in [0, 0.1) is 5.41 Å². The lowest BCUT2D eigenvalue weighted by Gasteiger charge is -2.27. The lowest BCUT2D eigenvalue weighted by Crippen LogP contribution is -2.36. The van der Waals surface area contributed by atoms with Gasteiger partial charge in [-0.05, 0) is 26.7 Å². The zero-order chi connectivity index (χ0) is 8.27. The first-order chi connectivity index (χ1) is 5.22. The maximum atomic E-state index is 7.54. The van der Waals surface area contributed by atoms with Gasteiger partial charge in [-0.25, -0.2) is 0 Å². The molecule has 2 heteroatoms. The van der Waals surface area contributed by atoms with Crippen LogP contribution in [0.5, 0.6) is 0 Å². The molecule has 0 aromatic heterocycles. The van der Waals surface area contributed by atoms with Gasteiger partial charge in [-0.2, -0.15) is 0 Å². The largest absolute Gasteiger partial charge is 0.358 e. The van der Waals surface area contributed by atoms with Gasteiger partial charge in [0.1, 0.15) is 0 Å². The van der Waals surface area contributed by atoms with E-state index in [0.717, 1.165) is 12.4 Å². The Morgan fingerprint density at radius 2 is 2.09 bits per heavy atom. The van der Waals surface area contributed by atoms with Crippen LogP contribution in [0.2, 0.25) is 0 Å². The molecule has 1 unspecified atom stereocenters. The van der Waals surface area contributed by atoms with Crippen LogP contribution in [-0.4, -0.2) is 23.3 Å². The van der Waals surface area contributed by atoms with E-state index < -0.39 is 0 Å². The number of hydrogen-bond donors (Lipinski definition) is 1. The summed E-state index contributed by atoms with van der Waals surface area (Å²) in [5.74, 6) is 0.736. The Kier molecular flexibility index (Phi) is 2.92. The zero-order valence-electron chi connectivity index (χ0n) is 7.56. The van der Waals surface area contributed by atoms with Crippen LogP contribution in [0.3, 0.4) is 0 Å². The molecule has 0 aromatic rings. The molecule has 1 N–H and O–H groups in total. The Hall–Kier alpha value is -0.530. The fourth-order valence-electron chi connectivity index (χ4n) is 1.77. The van der Waals surface area contributed by atoms with Gasteiger partial charge in [0, 0.05) is 12.6 Å². The van der Waals surface area contributed by atoms with E-state index in [0.29, 0.717) is 6.04 Å². The fourth-order valence-corrected chi connectivity index (χ4v) is 1.77. The molecule has 1 heterocycles.